The normalized spacial score (nSPS) is 10.1. The van der Waals surface area contributed by atoms with E-state index in [9.17, 15) is 9.59 Å². The molecule has 0 aliphatic rings. The molecule has 0 fully saturated rings. The van der Waals surface area contributed by atoms with Gasteiger partial charge in [0.15, 0.2) is 5.69 Å². The summed E-state index contributed by atoms with van der Waals surface area (Å²) in [5, 5.41) is 3.97. The molecular weight excluding hydrogens is 212 g/mol. The maximum absolute atomic E-state index is 11.6. The summed E-state index contributed by atoms with van der Waals surface area (Å²) < 4.78 is 6.18. The molecule has 0 aromatic carbocycles. The topological polar surface area (TPSA) is 113 Å². The third-order valence-electron chi connectivity index (χ3n) is 2.04. The minimum absolute atomic E-state index is 0.0114. The molecular formula is C9H14N4O3. The Morgan fingerprint density at radius 3 is 2.56 bits per heavy atom. The van der Waals surface area contributed by atoms with Crippen molar-refractivity contribution in [2.45, 2.75) is 13.3 Å². The van der Waals surface area contributed by atoms with Crippen molar-refractivity contribution < 1.29 is 14.3 Å². The fraction of sp³-hybridized carbons (Fsp3) is 0.444. The molecule has 88 valence electrons. The van der Waals surface area contributed by atoms with Crippen LogP contribution in [0.5, 0.6) is 0 Å². The highest BCUT2D eigenvalue weighted by Gasteiger charge is 2.19. The lowest BCUT2D eigenvalue weighted by Gasteiger charge is -2.04. The zero-order valence-corrected chi connectivity index (χ0v) is 9.19. The van der Waals surface area contributed by atoms with Crippen molar-refractivity contribution in [3.63, 3.8) is 0 Å². The number of amides is 1. The van der Waals surface area contributed by atoms with E-state index in [1.54, 1.807) is 14.0 Å². The maximum atomic E-state index is 11.6. The molecule has 0 saturated heterocycles. The van der Waals surface area contributed by atoms with E-state index in [1.165, 1.54) is 4.68 Å². The van der Waals surface area contributed by atoms with Crippen LogP contribution in [0.3, 0.4) is 0 Å². The predicted octanol–water partition coefficient (Wildman–Crippen LogP) is -0.657. The summed E-state index contributed by atoms with van der Waals surface area (Å²) >= 11 is 0. The number of nitrogens with zero attached hydrogens (tertiary/aromatic N) is 2. The number of primary amides is 1. The summed E-state index contributed by atoms with van der Waals surface area (Å²) in [6.07, 6.45) is -0.0114. The van der Waals surface area contributed by atoms with Gasteiger partial charge in [0, 0.05) is 7.05 Å². The molecule has 0 spiro atoms. The second-order valence-corrected chi connectivity index (χ2v) is 3.32. The first-order valence-electron chi connectivity index (χ1n) is 4.68. The fourth-order valence-corrected chi connectivity index (χ4v) is 1.23. The SMILES string of the molecule is Cc1nn(C)c(C(=O)OCCC(N)=O)c1N. The Kier molecular flexibility index (Phi) is 3.49. The van der Waals surface area contributed by atoms with Gasteiger partial charge in [0.25, 0.3) is 0 Å². The number of aromatic nitrogens is 2. The first kappa shape index (κ1) is 12.0. The second-order valence-electron chi connectivity index (χ2n) is 3.32. The Morgan fingerprint density at radius 1 is 1.50 bits per heavy atom. The average molecular weight is 226 g/mol. The molecule has 1 amide bonds. The summed E-state index contributed by atoms with van der Waals surface area (Å²) in [7, 11) is 1.59. The molecule has 0 saturated carbocycles. The molecule has 1 rings (SSSR count). The lowest BCUT2D eigenvalue weighted by molar-refractivity contribution is -0.118. The van der Waals surface area contributed by atoms with Gasteiger partial charge in [0.1, 0.15) is 6.61 Å². The highest BCUT2D eigenvalue weighted by atomic mass is 16.5. The lowest BCUT2D eigenvalue weighted by Crippen LogP contribution is -2.18. The van der Waals surface area contributed by atoms with E-state index in [4.69, 9.17) is 16.2 Å². The van der Waals surface area contributed by atoms with Crippen molar-refractivity contribution in [3.05, 3.63) is 11.4 Å². The number of hydrogen-bond donors (Lipinski definition) is 2. The number of hydrogen-bond acceptors (Lipinski definition) is 5. The third kappa shape index (κ3) is 2.50. The summed E-state index contributed by atoms with van der Waals surface area (Å²) in [6, 6.07) is 0. The van der Waals surface area contributed by atoms with E-state index >= 15 is 0 Å². The summed E-state index contributed by atoms with van der Waals surface area (Å²) in [4.78, 5) is 22.0. The number of esters is 1. The van der Waals surface area contributed by atoms with Gasteiger partial charge in [-0.3, -0.25) is 9.48 Å². The Hall–Kier alpha value is -2.05. The van der Waals surface area contributed by atoms with Gasteiger partial charge in [0.05, 0.1) is 17.8 Å². The number of carbonyl (C=O) groups excluding carboxylic acids is 2. The molecule has 1 aromatic rings. The van der Waals surface area contributed by atoms with Gasteiger partial charge in [-0.25, -0.2) is 4.79 Å². The Bertz CT molecular complexity index is 425. The smallest absolute Gasteiger partial charge is 0.358 e. The lowest BCUT2D eigenvalue weighted by atomic mass is 10.3. The standard InChI is InChI=1S/C9H14N4O3/c1-5-7(11)8(13(2)12-5)9(15)16-4-3-6(10)14/h3-4,11H2,1-2H3,(H2,10,14). The highest BCUT2D eigenvalue weighted by Crippen LogP contribution is 2.16. The molecule has 0 aliphatic heterocycles. The van der Waals surface area contributed by atoms with E-state index in [0.29, 0.717) is 5.69 Å². The first-order valence-corrected chi connectivity index (χ1v) is 4.68. The molecule has 16 heavy (non-hydrogen) atoms. The monoisotopic (exact) mass is 226 g/mol. The molecule has 0 radical (unpaired) electrons. The predicted molar refractivity (Wildman–Crippen MR) is 56.5 cm³/mol. The van der Waals surface area contributed by atoms with Crippen LogP contribution in [-0.4, -0.2) is 28.3 Å². The summed E-state index contributed by atoms with van der Waals surface area (Å²) in [5.74, 6) is -1.14. The van der Waals surface area contributed by atoms with Gasteiger partial charge in [-0.15, -0.1) is 0 Å². The molecule has 7 nitrogen and oxygen atoms in total. The van der Waals surface area contributed by atoms with Gasteiger partial charge in [-0.2, -0.15) is 5.10 Å². The van der Waals surface area contributed by atoms with Crippen LogP contribution >= 0.6 is 0 Å². The van der Waals surface area contributed by atoms with Crippen molar-refractivity contribution in [2.24, 2.45) is 12.8 Å². The molecule has 7 heteroatoms. The minimum Gasteiger partial charge on any atom is -0.460 e. The van der Waals surface area contributed by atoms with Gasteiger partial charge < -0.3 is 16.2 Å². The van der Waals surface area contributed by atoms with Crippen molar-refractivity contribution in [2.75, 3.05) is 12.3 Å². The summed E-state index contributed by atoms with van der Waals surface area (Å²) in [5.41, 5.74) is 11.6. The van der Waals surface area contributed by atoms with Crippen LogP contribution in [0.15, 0.2) is 0 Å². The number of carbonyl (C=O) groups is 2. The van der Waals surface area contributed by atoms with Crippen LogP contribution in [0.25, 0.3) is 0 Å². The van der Waals surface area contributed by atoms with Crippen LogP contribution in [0.1, 0.15) is 22.6 Å². The van der Waals surface area contributed by atoms with Crippen LogP contribution in [0.4, 0.5) is 5.69 Å². The molecule has 1 aromatic heterocycles. The van der Waals surface area contributed by atoms with Crippen LogP contribution in [0.2, 0.25) is 0 Å². The van der Waals surface area contributed by atoms with Gasteiger partial charge >= 0.3 is 5.97 Å². The number of nitrogens with two attached hydrogens (primary N) is 2. The van der Waals surface area contributed by atoms with E-state index in [-0.39, 0.29) is 24.4 Å². The molecule has 4 N–H and O–H groups in total. The quantitative estimate of drug-likeness (QED) is 0.662. The number of anilines is 1. The molecule has 1 heterocycles. The summed E-state index contributed by atoms with van der Waals surface area (Å²) in [6.45, 7) is 1.63. The number of nitrogen functional groups attached to an aromatic ring is 1. The maximum Gasteiger partial charge on any atom is 0.358 e. The number of rotatable bonds is 4. The van der Waals surface area contributed by atoms with E-state index in [2.05, 4.69) is 5.10 Å². The highest BCUT2D eigenvalue weighted by molar-refractivity contribution is 5.93. The molecule has 0 bridgehead atoms. The fourth-order valence-electron chi connectivity index (χ4n) is 1.23. The van der Waals surface area contributed by atoms with Crippen molar-refractivity contribution in [1.82, 2.24) is 9.78 Å². The first-order chi connectivity index (χ1) is 7.43. The van der Waals surface area contributed by atoms with E-state index < -0.39 is 11.9 Å². The molecule has 0 unspecified atom stereocenters. The van der Waals surface area contributed by atoms with Gasteiger partial charge in [-0.1, -0.05) is 0 Å². The zero-order chi connectivity index (χ0) is 12.3. The Balaban J connectivity index is 2.70. The van der Waals surface area contributed by atoms with Crippen LogP contribution in [0, 0.1) is 6.92 Å². The third-order valence-corrected chi connectivity index (χ3v) is 2.04. The van der Waals surface area contributed by atoms with Gasteiger partial charge in [0.2, 0.25) is 5.91 Å². The minimum atomic E-state index is -0.609. The average Bonchev–Trinajstić information content (AvgIpc) is 2.40. The van der Waals surface area contributed by atoms with E-state index in [0.717, 1.165) is 0 Å². The largest absolute Gasteiger partial charge is 0.460 e. The second kappa shape index (κ2) is 4.65. The van der Waals surface area contributed by atoms with Crippen LogP contribution in [-0.2, 0) is 16.6 Å². The Morgan fingerprint density at radius 2 is 2.12 bits per heavy atom. The number of ether oxygens (including phenoxy) is 1. The number of aryl methyl sites for hydroxylation is 2. The Labute approximate surface area is 92.3 Å². The molecule has 0 atom stereocenters. The zero-order valence-electron chi connectivity index (χ0n) is 9.19. The molecule has 0 aliphatic carbocycles. The van der Waals surface area contributed by atoms with Crippen LogP contribution < -0.4 is 11.5 Å². The van der Waals surface area contributed by atoms with E-state index in [1.807, 2.05) is 0 Å². The van der Waals surface area contributed by atoms with Crippen molar-refractivity contribution in [3.8, 4) is 0 Å². The van der Waals surface area contributed by atoms with Crippen molar-refractivity contribution >= 4 is 17.6 Å². The van der Waals surface area contributed by atoms with Gasteiger partial charge in [-0.05, 0) is 6.92 Å². The van der Waals surface area contributed by atoms with Crippen molar-refractivity contribution in [1.29, 1.82) is 0 Å².